The van der Waals surface area contributed by atoms with Gasteiger partial charge in [0, 0.05) is 0 Å². The number of hydrogen-bond donors (Lipinski definition) is 1. The highest BCUT2D eigenvalue weighted by Gasteiger charge is 2.45. The topological polar surface area (TPSA) is 42.0 Å². The van der Waals surface area contributed by atoms with Gasteiger partial charge in [-0.25, -0.2) is 4.98 Å². The van der Waals surface area contributed by atoms with E-state index >= 15 is 0 Å². The van der Waals surface area contributed by atoms with Gasteiger partial charge in [-0.1, -0.05) is 43.7 Å². The molecule has 3 rings (SSSR count). The van der Waals surface area contributed by atoms with Crippen molar-refractivity contribution in [2.24, 2.45) is 0 Å². The zero-order valence-electron chi connectivity index (χ0n) is 12.7. The molecule has 1 amide bonds. The van der Waals surface area contributed by atoms with E-state index in [1.807, 2.05) is 30.3 Å². The van der Waals surface area contributed by atoms with Crippen LogP contribution in [0.1, 0.15) is 31.7 Å². The molecule has 1 fully saturated rings. The van der Waals surface area contributed by atoms with Crippen molar-refractivity contribution in [3.8, 4) is 0 Å². The summed E-state index contributed by atoms with van der Waals surface area (Å²) in [5.41, 5.74) is 1.52. The van der Waals surface area contributed by atoms with Gasteiger partial charge in [0.1, 0.15) is 0 Å². The summed E-state index contributed by atoms with van der Waals surface area (Å²) in [4.78, 5) is 17.2. The summed E-state index contributed by atoms with van der Waals surface area (Å²) < 4.78 is 0. The van der Waals surface area contributed by atoms with Crippen molar-refractivity contribution in [3.63, 3.8) is 0 Å². The van der Waals surface area contributed by atoms with E-state index < -0.39 is 0 Å². The molecule has 22 heavy (non-hydrogen) atoms. The van der Waals surface area contributed by atoms with Crippen LogP contribution in [0, 0.1) is 0 Å². The molecule has 1 saturated carbocycles. The van der Waals surface area contributed by atoms with Gasteiger partial charge < -0.3 is 5.32 Å². The zero-order valence-corrected chi connectivity index (χ0v) is 13.5. The Kier molecular flexibility index (Phi) is 4.48. The maximum atomic E-state index is 12.8. The van der Waals surface area contributed by atoms with E-state index in [2.05, 4.69) is 29.4 Å². The lowest BCUT2D eigenvalue weighted by molar-refractivity contribution is -0.124. The minimum atomic E-state index is -0.363. The standard InChI is InChI=1S/C18H20N2OS/c1-2-22-16-10-9-15(13-19-16)20-17(21)18(11-6-12-18)14-7-4-3-5-8-14/h3-5,7-10,13H,2,6,11-12H2,1H3,(H,20,21). The molecule has 0 saturated heterocycles. The Balaban J connectivity index is 1.75. The smallest absolute Gasteiger partial charge is 0.235 e. The van der Waals surface area contributed by atoms with E-state index in [0.29, 0.717) is 0 Å². The first-order valence-corrected chi connectivity index (χ1v) is 8.69. The van der Waals surface area contributed by atoms with E-state index in [4.69, 9.17) is 0 Å². The molecule has 4 heteroatoms. The molecule has 1 aromatic heterocycles. The van der Waals surface area contributed by atoms with E-state index in [0.717, 1.165) is 41.3 Å². The monoisotopic (exact) mass is 312 g/mol. The minimum Gasteiger partial charge on any atom is -0.324 e. The normalized spacial score (nSPS) is 15.9. The molecular formula is C18H20N2OS. The molecule has 1 aromatic carbocycles. The lowest BCUT2D eigenvalue weighted by Gasteiger charge is -2.40. The first-order chi connectivity index (χ1) is 10.7. The van der Waals surface area contributed by atoms with Gasteiger partial charge in [-0.2, -0.15) is 0 Å². The third kappa shape index (κ3) is 2.88. The number of carbonyl (C=O) groups excluding carboxylic acids is 1. The Morgan fingerprint density at radius 3 is 2.55 bits per heavy atom. The second kappa shape index (κ2) is 6.53. The number of benzene rings is 1. The molecule has 114 valence electrons. The van der Waals surface area contributed by atoms with Crippen LogP contribution >= 0.6 is 11.8 Å². The third-order valence-corrected chi connectivity index (χ3v) is 5.08. The molecule has 1 aliphatic rings. The molecule has 1 aliphatic carbocycles. The molecule has 2 aromatic rings. The molecule has 0 radical (unpaired) electrons. The average Bonchev–Trinajstić information content (AvgIpc) is 2.49. The number of amides is 1. The van der Waals surface area contributed by atoms with E-state index in [1.54, 1.807) is 18.0 Å². The number of nitrogens with one attached hydrogen (secondary N) is 1. The highest BCUT2D eigenvalue weighted by atomic mass is 32.2. The van der Waals surface area contributed by atoms with E-state index in [1.165, 1.54) is 0 Å². The maximum Gasteiger partial charge on any atom is 0.235 e. The molecule has 1 N–H and O–H groups in total. The molecule has 3 nitrogen and oxygen atoms in total. The van der Waals surface area contributed by atoms with Crippen molar-refractivity contribution in [1.29, 1.82) is 0 Å². The van der Waals surface area contributed by atoms with Crippen LogP contribution in [0.4, 0.5) is 5.69 Å². The van der Waals surface area contributed by atoms with Crippen molar-refractivity contribution in [3.05, 3.63) is 54.2 Å². The maximum absolute atomic E-state index is 12.8. The third-order valence-electron chi connectivity index (χ3n) is 4.25. The SMILES string of the molecule is CCSc1ccc(NC(=O)C2(c3ccccc3)CCC2)cn1. The first-order valence-electron chi connectivity index (χ1n) is 7.70. The van der Waals surface area contributed by atoms with Crippen LogP contribution in [0.2, 0.25) is 0 Å². The molecular weight excluding hydrogens is 292 g/mol. The van der Waals surface area contributed by atoms with Crippen LogP contribution in [-0.4, -0.2) is 16.6 Å². The van der Waals surface area contributed by atoms with Crippen LogP contribution in [-0.2, 0) is 10.2 Å². The summed E-state index contributed by atoms with van der Waals surface area (Å²) in [7, 11) is 0. The average molecular weight is 312 g/mol. The fourth-order valence-electron chi connectivity index (χ4n) is 2.87. The Labute approximate surface area is 135 Å². The summed E-state index contributed by atoms with van der Waals surface area (Å²) in [5, 5.41) is 4.03. The van der Waals surface area contributed by atoms with Gasteiger partial charge in [0.25, 0.3) is 0 Å². The second-order valence-electron chi connectivity index (χ2n) is 5.57. The van der Waals surface area contributed by atoms with Crippen LogP contribution in [0.3, 0.4) is 0 Å². The summed E-state index contributed by atoms with van der Waals surface area (Å²) in [5.74, 6) is 1.08. The fourth-order valence-corrected chi connectivity index (χ4v) is 3.46. The highest BCUT2D eigenvalue weighted by Crippen LogP contribution is 2.44. The fraction of sp³-hybridized carbons (Fsp3) is 0.333. The molecule has 0 bridgehead atoms. The molecule has 0 aliphatic heterocycles. The second-order valence-corrected chi connectivity index (χ2v) is 6.86. The van der Waals surface area contributed by atoms with Crippen LogP contribution in [0.15, 0.2) is 53.7 Å². The zero-order chi connectivity index (χ0) is 15.4. The molecule has 1 heterocycles. The van der Waals surface area contributed by atoms with Gasteiger partial charge in [-0.3, -0.25) is 4.79 Å². The minimum absolute atomic E-state index is 0.0858. The predicted octanol–water partition coefficient (Wildman–Crippen LogP) is 4.25. The predicted molar refractivity (Wildman–Crippen MR) is 91.2 cm³/mol. The largest absolute Gasteiger partial charge is 0.324 e. The van der Waals surface area contributed by atoms with Crippen molar-refractivity contribution < 1.29 is 4.79 Å². The Morgan fingerprint density at radius 2 is 2.00 bits per heavy atom. The van der Waals surface area contributed by atoms with Crippen LogP contribution < -0.4 is 5.32 Å². The van der Waals surface area contributed by atoms with Crippen molar-refractivity contribution >= 4 is 23.4 Å². The highest BCUT2D eigenvalue weighted by molar-refractivity contribution is 7.99. The number of rotatable bonds is 5. The number of anilines is 1. The summed E-state index contributed by atoms with van der Waals surface area (Å²) in [6, 6.07) is 14.0. The Morgan fingerprint density at radius 1 is 1.23 bits per heavy atom. The van der Waals surface area contributed by atoms with Gasteiger partial charge in [-0.05, 0) is 36.3 Å². The van der Waals surface area contributed by atoms with Gasteiger partial charge in [0.15, 0.2) is 0 Å². The number of nitrogens with zero attached hydrogens (tertiary/aromatic N) is 1. The number of carbonyl (C=O) groups is 1. The van der Waals surface area contributed by atoms with Crippen LogP contribution in [0.25, 0.3) is 0 Å². The van der Waals surface area contributed by atoms with Gasteiger partial charge in [0.05, 0.1) is 22.3 Å². The van der Waals surface area contributed by atoms with Crippen molar-refractivity contribution in [2.75, 3.05) is 11.1 Å². The van der Waals surface area contributed by atoms with Gasteiger partial charge in [0.2, 0.25) is 5.91 Å². The van der Waals surface area contributed by atoms with Crippen molar-refractivity contribution in [2.45, 2.75) is 36.6 Å². The summed E-state index contributed by atoms with van der Waals surface area (Å²) in [6.45, 7) is 2.10. The number of hydrogen-bond acceptors (Lipinski definition) is 3. The van der Waals surface area contributed by atoms with Gasteiger partial charge >= 0.3 is 0 Å². The Bertz CT molecular complexity index is 636. The van der Waals surface area contributed by atoms with Crippen molar-refractivity contribution in [1.82, 2.24) is 4.98 Å². The number of aromatic nitrogens is 1. The molecule has 0 atom stereocenters. The molecule has 0 unspecified atom stereocenters. The quantitative estimate of drug-likeness (QED) is 0.839. The first kappa shape index (κ1) is 15.1. The van der Waals surface area contributed by atoms with E-state index in [-0.39, 0.29) is 11.3 Å². The summed E-state index contributed by atoms with van der Waals surface area (Å²) in [6.07, 6.45) is 4.68. The number of pyridine rings is 1. The van der Waals surface area contributed by atoms with Gasteiger partial charge in [-0.15, -0.1) is 11.8 Å². The Hall–Kier alpha value is -1.81. The molecule has 0 spiro atoms. The van der Waals surface area contributed by atoms with Crippen LogP contribution in [0.5, 0.6) is 0 Å². The summed E-state index contributed by atoms with van der Waals surface area (Å²) >= 11 is 1.70. The lowest BCUT2D eigenvalue weighted by Crippen LogP contribution is -2.45. The van der Waals surface area contributed by atoms with E-state index in [9.17, 15) is 4.79 Å². The lowest BCUT2D eigenvalue weighted by atomic mass is 9.64. The number of thioether (sulfide) groups is 1.